The van der Waals surface area contributed by atoms with E-state index in [1.54, 1.807) is 12.4 Å². The van der Waals surface area contributed by atoms with E-state index >= 15 is 0 Å². The highest BCUT2D eigenvalue weighted by atomic mass is 16.6. The Hall–Kier alpha value is -1.98. The molecule has 0 saturated carbocycles. The van der Waals surface area contributed by atoms with E-state index in [0.29, 0.717) is 6.61 Å². The molecule has 25 heavy (non-hydrogen) atoms. The van der Waals surface area contributed by atoms with Gasteiger partial charge in [0.05, 0.1) is 24.1 Å². The molecule has 2 aliphatic heterocycles. The van der Waals surface area contributed by atoms with Crippen molar-refractivity contribution in [3.63, 3.8) is 0 Å². The summed E-state index contributed by atoms with van der Waals surface area (Å²) in [6.45, 7) is 5.65. The molecule has 0 bridgehead atoms. The van der Waals surface area contributed by atoms with Crippen LogP contribution in [-0.2, 0) is 11.3 Å². The van der Waals surface area contributed by atoms with Gasteiger partial charge in [-0.2, -0.15) is 0 Å². The molecule has 5 heteroatoms. The number of pyridine rings is 2. The van der Waals surface area contributed by atoms with Crippen LogP contribution in [0.5, 0.6) is 5.75 Å². The van der Waals surface area contributed by atoms with E-state index in [2.05, 4.69) is 27.0 Å². The lowest BCUT2D eigenvalue weighted by Gasteiger charge is -2.39. The second kappa shape index (κ2) is 7.10. The number of aryl methyl sites for hydroxylation is 1. The molecular weight excluding hydrogens is 314 g/mol. The fourth-order valence-electron chi connectivity index (χ4n) is 4.01. The van der Waals surface area contributed by atoms with Crippen molar-refractivity contribution in [2.75, 3.05) is 19.7 Å². The number of ether oxygens (including phenoxy) is 2. The number of hydrogen-bond donors (Lipinski definition) is 0. The molecule has 2 atom stereocenters. The van der Waals surface area contributed by atoms with Crippen LogP contribution < -0.4 is 4.74 Å². The Morgan fingerprint density at radius 3 is 3.12 bits per heavy atom. The van der Waals surface area contributed by atoms with Gasteiger partial charge in [0.2, 0.25) is 0 Å². The molecule has 2 fully saturated rings. The molecule has 2 aromatic heterocycles. The number of nitrogens with zero attached hydrogens (tertiary/aromatic N) is 3. The van der Waals surface area contributed by atoms with Crippen LogP contribution in [0.3, 0.4) is 0 Å². The van der Waals surface area contributed by atoms with Gasteiger partial charge < -0.3 is 9.47 Å². The lowest BCUT2D eigenvalue weighted by atomic mass is 9.89. The van der Waals surface area contributed by atoms with Crippen LogP contribution in [0.25, 0.3) is 0 Å². The number of hydrogen-bond acceptors (Lipinski definition) is 5. The lowest BCUT2D eigenvalue weighted by Crippen LogP contribution is -2.47. The summed E-state index contributed by atoms with van der Waals surface area (Å²) < 4.78 is 12.3. The molecular formula is C20H25N3O2. The van der Waals surface area contributed by atoms with Crippen LogP contribution in [0.1, 0.15) is 30.7 Å². The Bertz CT molecular complexity index is 709. The Balaban J connectivity index is 1.37. The van der Waals surface area contributed by atoms with Gasteiger partial charge >= 0.3 is 0 Å². The van der Waals surface area contributed by atoms with E-state index in [1.807, 2.05) is 25.1 Å². The summed E-state index contributed by atoms with van der Waals surface area (Å²) in [5, 5.41) is 0. The summed E-state index contributed by atoms with van der Waals surface area (Å²) in [4.78, 5) is 11.2. The molecule has 0 N–H and O–H groups in total. The fourth-order valence-corrected chi connectivity index (χ4v) is 4.01. The first-order valence-electron chi connectivity index (χ1n) is 9.06. The van der Waals surface area contributed by atoms with E-state index in [0.717, 1.165) is 56.0 Å². The maximum atomic E-state index is 6.25. The standard InChI is InChI=1S/C20H25N3O2/c1-16-5-2-6-17(22-16)13-23-10-4-8-20(15-23)11-19(14-24-20)25-18-7-3-9-21-12-18/h2-3,5-7,9,12,19H,4,8,10-11,13-15H2,1H3/t19-,20-/m0/s1. The maximum absolute atomic E-state index is 6.25. The number of rotatable bonds is 4. The Morgan fingerprint density at radius 2 is 2.28 bits per heavy atom. The Kier molecular flexibility index (Phi) is 4.68. The van der Waals surface area contributed by atoms with Gasteiger partial charge in [0, 0.05) is 31.4 Å². The molecule has 4 rings (SSSR count). The summed E-state index contributed by atoms with van der Waals surface area (Å²) in [6, 6.07) is 10.1. The number of likely N-dealkylation sites (tertiary alicyclic amines) is 1. The van der Waals surface area contributed by atoms with E-state index in [4.69, 9.17) is 9.47 Å². The third kappa shape index (κ3) is 3.99. The van der Waals surface area contributed by atoms with Gasteiger partial charge in [-0.3, -0.25) is 14.9 Å². The third-order valence-corrected chi connectivity index (χ3v) is 5.06. The minimum atomic E-state index is -0.0745. The maximum Gasteiger partial charge on any atom is 0.138 e. The molecule has 132 valence electrons. The zero-order valence-corrected chi connectivity index (χ0v) is 14.7. The highest BCUT2D eigenvalue weighted by Gasteiger charge is 2.44. The van der Waals surface area contributed by atoms with Gasteiger partial charge in [-0.15, -0.1) is 0 Å². The van der Waals surface area contributed by atoms with Crippen LogP contribution >= 0.6 is 0 Å². The summed E-state index contributed by atoms with van der Waals surface area (Å²) in [6.07, 6.45) is 6.85. The van der Waals surface area contributed by atoms with Crippen LogP contribution in [0, 0.1) is 6.92 Å². The highest BCUT2D eigenvalue weighted by molar-refractivity contribution is 5.16. The molecule has 0 aliphatic carbocycles. The van der Waals surface area contributed by atoms with E-state index < -0.39 is 0 Å². The first-order chi connectivity index (χ1) is 12.2. The van der Waals surface area contributed by atoms with Gasteiger partial charge in [0.1, 0.15) is 11.9 Å². The average Bonchev–Trinajstić information content (AvgIpc) is 2.97. The molecule has 2 saturated heterocycles. The quantitative estimate of drug-likeness (QED) is 0.857. The fraction of sp³-hybridized carbons (Fsp3) is 0.500. The molecule has 2 aliphatic rings. The van der Waals surface area contributed by atoms with Crippen molar-refractivity contribution in [2.24, 2.45) is 0 Å². The van der Waals surface area contributed by atoms with Gasteiger partial charge in [-0.05, 0) is 50.6 Å². The van der Waals surface area contributed by atoms with E-state index in [-0.39, 0.29) is 11.7 Å². The van der Waals surface area contributed by atoms with Crippen molar-refractivity contribution in [1.82, 2.24) is 14.9 Å². The predicted octanol–water partition coefficient (Wildman–Crippen LogP) is 2.99. The van der Waals surface area contributed by atoms with Crippen molar-refractivity contribution in [3.8, 4) is 5.75 Å². The molecule has 0 amide bonds. The lowest BCUT2D eigenvalue weighted by molar-refractivity contribution is -0.0540. The summed E-state index contributed by atoms with van der Waals surface area (Å²) in [7, 11) is 0. The third-order valence-electron chi connectivity index (χ3n) is 5.06. The zero-order valence-electron chi connectivity index (χ0n) is 14.7. The molecule has 0 unspecified atom stereocenters. The normalized spacial score (nSPS) is 26.8. The van der Waals surface area contributed by atoms with Crippen molar-refractivity contribution in [3.05, 3.63) is 54.1 Å². The van der Waals surface area contributed by atoms with Crippen LogP contribution in [0.2, 0.25) is 0 Å². The Labute approximate surface area is 149 Å². The predicted molar refractivity (Wildman–Crippen MR) is 95.4 cm³/mol. The molecule has 0 radical (unpaired) electrons. The van der Waals surface area contributed by atoms with Gasteiger partial charge in [0.15, 0.2) is 0 Å². The first kappa shape index (κ1) is 16.5. The zero-order chi connectivity index (χ0) is 17.1. The van der Waals surface area contributed by atoms with Crippen molar-refractivity contribution < 1.29 is 9.47 Å². The minimum absolute atomic E-state index is 0.0745. The molecule has 1 spiro atoms. The number of piperidine rings is 1. The summed E-state index contributed by atoms with van der Waals surface area (Å²) in [5.41, 5.74) is 2.14. The monoisotopic (exact) mass is 339 g/mol. The number of aromatic nitrogens is 2. The van der Waals surface area contributed by atoms with Crippen molar-refractivity contribution in [2.45, 2.75) is 44.4 Å². The van der Waals surface area contributed by atoms with E-state index in [9.17, 15) is 0 Å². The molecule has 4 heterocycles. The highest BCUT2D eigenvalue weighted by Crippen LogP contribution is 2.36. The SMILES string of the molecule is Cc1cccc(CN2CCC[C@]3(C[C@H](Oc4cccnc4)CO3)C2)n1. The van der Waals surface area contributed by atoms with E-state index in [1.165, 1.54) is 0 Å². The molecule has 2 aromatic rings. The Morgan fingerprint density at radius 1 is 1.32 bits per heavy atom. The second-order valence-electron chi connectivity index (χ2n) is 7.21. The topological polar surface area (TPSA) is 47.5 Å². The van der Waals surface area contributed by atoms with Crippen LogP contribution in [0.15, 0.2) is 42.7 Å². The van der Waals surface area contributed by atoms with Crippen LogP contribution in [0.4, 0.5) is 0 Å². The van der Waals surface area contributed by atoms with Crippen molar-refractivity contribution >= 4 is 0 Å². The average molecular weight is 339 g/mol. The summed E-state index contributed by atoms with van der Waals surface area (Å²) >= 11 is 0. The van der Waals surface area contributed by atoms with Gasteiger partial charge in [-0.1, -0.05) is 6.07 Å². The molecule has 5 nitrogen and oxygen atoms in total. The first-order valence-corrected chi connectivity index (χ1v) is 9.06. The molecule has 0 aromatic carbocycles. The summed E-state index contributed by atoms with van der Waals surface area (Å²) in [5.74, 6) is 0.824. The minimum Gasteiger partial charge on any atom is -0.486 e. The van der Waals surface area contributed by atoms with Crippen LogP contribution in [-0.4, -0.2) is 46.3 Å². The largest absolute Gasteiger partial charge is 0.486 e. The van der Waals surface area contributed by atoms with Gasteiger partial charge in [-0.25, -0.2) is 0 Å². The smallest absolute Gasteiger partial charge is 0.138 e. The van der Waals surface area contributed by atoms with Crippen molar-refractivity contribution in [1.29, 1.82) is 0 Å². The van der Waals surface area contributed by atoms with Gasteiger partial charge in [0.25, 0.3) is 0 Å². The second-order valence-corrected chi connectivity index (χ2v) is 7.21.